The third kappa shape index (κ3) is 2.51. The summed E-state index contributed by atoms with van der Waals surface area (Å²) in [7, 11) is 0. The molecule has 0 saturated carbocycles. The summed E-state index contributed by atoms with van der Waals surface area (Å²) in [4.78, 5) is 0. The second kappa shape index (κ2) is 5.16. The van der Waals surface area contributed by atoms with Crippen LogP contribution in [0.1, 0.15) is 34.7 Å². The molecule has 0 bridgehead atoms. The molecule has 0 aromatic heterocycles. The number of aryl methyl sites for hydroxylation is 2. The van der Waals surface area contributed by atoms with E-state index in [2.05, 4.69) is 18.2 Å². The maximum absolute atomic E-state index is 6.34. The summed E-state index contributed by atoms with van der Waals surface area (Å²) in [6.45, 7) is 0. The van der Waals surface area contributed by atoms with Crippen molar-refractivity contribution in [1.29, 1.82) is 0 Å². The average Bonchev–Trinajstić information content (AvgIpc) is 2.88. The first kappa shape index (κ1) is 13.0. The van der Waals surface area contributed by atoms with Gasteiger partial charge in [0.2, 0.25) is 0 Å². The quantitative estimate of drug-likeness (QED) is 0.864. The first-order valence-electron chi connectivity index (χ1n) is 6.47. The number of fused-ring (bicyclic) bond motifs is 1. The van der Waals surface area contributed by atoms with Crippen LogP contribution >= 0.6 is 23.2 Å². The van der Waals surface area contributed by atoms with Crippen LogP contribution in [0.2, 0.25) is 10.0 Å². The Labute approximate surface area is 123 Å². The van der Waals surface area contributed by atoms with Crippen molar-refractivity contribution < 1.29 is 0 Å². The second-order valence-electron chi connectivity index (χ2n) is 5.03. The summed E-state index contributed by atoms with van der Waals surface area (Å²) >= 11 is 12.2. The summed E-state index contributed by atoms with van der Waals surface area (Å²) in [5, 5.41) is 1.33. The van der Waals surface area contributed by atoms with Crippen LogP contribution in [0.25, 0.3) is 0 Å². The van der Waals surface area contributed by atoms with Gasteiger partial charge in [-0.05, 0) is 59.7 Å². The standard InChI is InChI=1S/C16H15Cl2N/c17-13-6-7-15(18)14(9-13)16(19)12-5-4-10-2-1-3-11(10)8-12/h4-9,16H,1-3,19H2. The Morgan fingerprint density at radius 2 is 1.74 bits per heavy atom. The highest BCUT2D eigenvalue weighted by molar-refractivity contribution is 6.33. The molecule has 2 aromatic rings. The maximum Gasteiger partial charge on any atom is 0.0567 e. The topological polar surface area (TPSA) is 26.0 Å². The molecule has 0 heterocycles. The number of benzene rings is 2. The summed E-state index contributed by atoms with van der Waals surface area (Å²) in [5.74, 6) is 0. The summed E-state index contributed by atoms with van der Waals surface area (Å²) in [6, 6.07) is 11.7. The van der Waals surface area contributed by atoms with Crippen LogP contribution in [-0.2, 0) is 12.8 Å². The van der Waals surface area contributed by atoms with E-state index in [1.807, 2.05) is 6.07 Å². The fraction of sp³-hybridized carbons (Fsp3) is 0.250. The van der Waals surface area contributed by atoms with Crippen molar-refractivity contribution in [1.82, 2.24) is 0 Å². The molecular weight excluding hydrogens is 277 g/mol. The highest BCUT2D eigenvalue weighted by atomic mass is 35.5. The van der Waals surface area contributed by atoms with E-state index < -0.39 is 0 Å². The first-order valence-corrected chi connectivity index (χ1v) is 7.23. The normalized spacial score (nSPS) is 15.3. The molecule has 98 valence electrons. The third-order valence-electron chi connectivity index (χ3n) is 3.77. The van der Waals surface area contributed by atoms with Gasteiger partial charge in [0.25, 0.3) is 0 Å². The van der Waals surface area contributed by atoms with Crippen LogP contribution in [0, 0.1) is 0 Å². The largest absolute Gasteiger partial charge is 0.320 e. The molecule has 1 nitrogen and oxygen atoms in total. The van der Waals surface area contributed by atoms with Gasteiger partial charge in [0.1, 0.15) is 0 Å². The molecule has 1 unspecified atom stereocenters. The Morgan fingerprint density at radius 1 is 0.947 bits per heavy atom. The third-order valence-corrected chi connectivity index (χ3v) is 4.35. The van der Waals surface area contributed by atoms with Crippen molar-refractivity contribution in [3.63, 3.8) is 0 Å². The van der Waals surface area contributed by atoms with Crippen molar-refractivity contribution in [2.45, 2.75) is 25.3 Å². The van der Waals surface area contributed by atoms with E-state index >= 15 is 0 Å². The van der Waals surface area contributed by atoms with E-state index in [1.54, 1.807) is 12.1 Å². The van der Waals surface area contributed by atoms with Gasteiger partial charge in [0.15, 0.2) is 0 Å². The van der Waals surface area contributed by atoms with Gasteiger partial charge in [-0.3, -0.25) is 0 Å². The number of hydrogen-bond acceptors (Lipinski definition) is 1. The molecule has 0 fully saturated rings. The van der Waals surface area contributed by atoms with Crippen LogP contribution < -0.4 is 5.73 Å². The van der Waals surface area contributed by atoms with Crippen molar-refractivity contribution in [2.75, 3.05) is 0 Å². The number of hydrogen-bond donors (Lipinski definition) is 1. The molecule has 19 heavy (non-hydrogen) atoms. The Hall–Kier alpha value is -1.02. The molecule has 1 atom stereocenters. The van der Waals surface area contributed by atoms with E-state index in [-0.39, 0.29) is 6.04 Å². The molecule has 2 N–H and O–H groups in total. The lowest BCUT2D eigenvalue weighted by atomic mass is 9.96. The van der Waals surface area contributed by atoms with E-state index in [0.29, 0.717) is 10.0 Å². The van der Waals surface area contributed by atoms with Gasteiger partial charge in [0.05, 0.1) is 6.04 Å². The van der Waals surface area contributed by atoms with Crippen molar-refractivity contribution in [3.05, 3.63) is 68.7 Å². The van der Waals surface area contributed by atoms with E-state index in [1.165, 1.54) is 24.0 Å². The number of rotatable bonds is 2. The monoisotopic (exact) mass is 291 g/mol. The average molecular weight is 292 g/mol. The zero-order chi connectivity index (χ0) is 13.4. The Morgan fingerprint density at radius 3 is 2.58 bits per heavy atom. The predicted octanol–water partition coefficient (Wildman–Crippen LogP) is 4.53. The maximum atomic E-state index is 6.34. The molecule has 1 aliphatic rings. The van der Waals surface area contributed by atoms with Crippen molar-refractivity contribution in [3.8, 4) is 0 Å². The van der Waals surface area contributed by atoms with Gasteiger partial charge >= 0.3 is 0 Å². The van der Waals surface area contributed by atoms with Crippen molar-refractivity contribution in [2.24, 2.45) is 5.73 Å². The lowest BCUT2D eigenvalue weighted by Crippen LogP contribution is -2.12. The van der Waals surface area contributed by atoms with Crippen LogP contribution in [-0.4, -0.2) is 0 Å². The molecule has 0 spiro atoms. The number of nitrogens with two attached hydrogens (primary N) is 1. The van der Waals surface area contributed by atoms with E-state index in [9.17, 15) is 0 Å². The highest BCUT2D eigenvalue weighted by Gasteiger charge is 2.16. The minimum Gasteiger partial charge on any atom is -0.320 e. The van der Waals surface area contributed by atoms with Gasteiger partial charge in [-0.1, -0.05) is 41.4 Å². The molecule has 0 amide bonds. The van der Waals surface area contributed by atoms with E-state index in [0.717, 1.165) is 17.5 Å². The number of halogens is 2. The van der Waals surface area contributed by atoms with Gasteiger partial charge in [-0.2, -0.15) is 0 Å². The molecular formula is C16H15Cl2N. The Balaban J connectivity index is 1.99. The predicted molar refractivity (Wildman–Crippen MR) is 81.0 cm³/mol. The van der Waals surface area contributed by atoms with Crippen LogP contribution in [0.15, 0.2) is 36.4 Å². The zero-order valence-electron chi connectivity index (χ0n) is 10.5. The molecule has 1 aliphatic carbocycles. The lowest BCUT2D eigenvalue weighted by molar-refractivity contribution is 0.867. The highest BCUT2D eigenvalue weighted by Crippen LogP contribution is 2.31. The van der Waals surface area contributed by atoms with Gasteiger partial charge in [-0.25, -0.2) is 0 Å². The molecule has 3 rings (SSSR count). The first-order chi connectivity index (χ1) is 9.15. The molecule has 0 saturated heterocycles. The second-order valence-corrected chi connectivity index (χ2v) is 5.87. The molecule has 0 aliphatic heterocycles. The summed E-state index contributed by atoms with van der Waals surface area (Å²) in [6.07, 6.45) is 3.58. The van der Waals surface area contributed by atoms with Crippen LogP contribution in [0.5, 0.6) is 0 Å². The summed E-state index contributed by atoms with van der Waals surface area (Å²) < 4.78 is 0. The van der Waals surface area contributed by atoms with Gasteiger partial charge < -0.3 is 5.73 Å². The minimum atomic E-state index is -0.225. The van der Waals surface area contributed by atoms with Gasteiger partial charge in [-0.15, -0.1) is 0 Å². The molecule has 0 radical (unpaired) electrons. The van der Waals surface area contributed by atoms with Crippen LogP contribution in [0.4, 0.5) is 0 Å². The SMILES string of the molecule is NC(c1ccc2c(c1)CCC2)c1cc(Cl)ccc1Cl. The zero-order valence-corrected chi connectivity index (χ0v) is 12.0. The smallest absolute Gasteiger partial charge is 0.0567 e. The fourth-order valence-corrected chi connectivity index (χ4v) is 3.13. The summed E-state index contributed by atoms with van der Waals surface area (Å²) in [5.41, 5.74) is 11.2. The fourth-order valence-electron chi connectivity index (χ4n) is 2.72. The van der Waals surface area contributed by atoms with Crippen LogP contribution in [0.3, 0.4) is 0 Å². The Kier molecular flexibility index (Phi) is 3.53. The minimum absolute atomic E-state index is 0.225. The molecule has 3 heteroatoms. The molecule has 2 aromatic carbocycles. The van der Waals surface area contributed by atoms with Gasteiger partial charge in [0, 0.05) is 10.0 Å². The lowest BCUT2D eigenvalue weighted by Gasteiger charge is -2.16. The van der Waals surface area contributed by atoms with E-state index in [4.69, 9.17) is 28.9 Å². The Bertz CT molecular complexity index is 622. The van der Waals surface area contributed by atoms with Crippen molar-refractivity contribution >= 4 is 23.2 Å².